The molecule has 7 heteroatoms. The number of hydrogen-bond donors (Lipinski definition) is 2. The van der Waals surface area contributed by atoms with Gasteiger partial charge in [0.15, 0.2) is 0 Å². The largest absolute Gasteiger partial charge is 0.449 e. The summed E-state index contributed by atoms with van der Waals surface area (Å²) in [6, 6.07) is 11.6. The molecule has 3 rings (SSSR count). The van der Waals surface area contributed by atoms with E-state index in [9.17, 15) is 9.59 Å². The van der Waals surface area contributed by atoms with Crippen molar-refractivity contribution in [3.63, 3.8) is 0 Å². The smallest absolute Gasteiger partial charge is 0.286 e. The molecule has 1 aromatic heterocycles. The van der Waals surface area contributed by atoms with Crippen molar-refractivity contribution in [1.82, 2.24) is 0 Å². The third kappa shape index (κ3) is 3.09. The Morgan fingerprint density at radius 2 is 1.83 bits per heavy atom. The van der Waals surface area contributed by atoms with Gasteiger partial charge >= 0.3 is 0 Å². The van der Waals surface area contributed by atoms with E-state index in [1.165, 1.54) is 0 Å². The maximum absolute atomic E-state index is 12.4. The molecule has 2 aromatic carbocycles. The number of benzene rings is 2. The van der Waals surface area contributed by atoms with Crippen LogP contribution in [-0.2, 0) is 5.88 Å². The highest BCUT2D eigenvalue weighted by Gasteiger charge is 2.21. The van der Waals surface area contributed by atoms with Crippen molar-refractivity contribution in [1.29, 1.82) is 0 Å². The summed E-state index contributed by atoms with van der Waals surface area (Å²) in [5, 5.41) is 3.67. The van der Waals surface area contributed by atoms with Gasteiger partial charge in [0.25, 0.3) is 11.8 Å². The van der Waals surface area contributed by atoms with Crippen LogP contribution in [0, 0.1) is 0 Å². The van der Waals surface area contributed by atoms with Gasteiger partial charge in [0, 0.05) is 27.9 Å². The fraction of sp³-hybridized carbons (Fsp3) is 0.0588. The van der Waals surface area contributed by atoms with Crippen LogP contribution in [0.5, 0.6) is 0 Å². The molecule has 0 fully saturated rings. The third-order valence-corrected chi connectivity index (χ3v) is 4.03. The number of carbonyl (C=O) groups excluding carboxylic acids is 2. The SMILES string of the molecule is NC(=O)c1oc2cc(Cl)ccc2c1NC(=O)c1ccc(CCl)cc1. The quantitative estimate of drug-likeness (QED) is 0.682. The number of nitrogens with one attached hydrogen (secondary N) is 1. The van der Waals surface area contributed by atoms with Crippen LogP contribution in [0.15, 0.2) is 46.9 Å². The molecule has 0 aliphatic rings. The minimum Gasteiger partial charge on any atom is -0.449 e. The molecule has 3 N–H and O–H groups in total. The number of fused-ring (bicyclic) bond motifs is 1. The van der Waals surface area contributed by atoms with Gasteiger partial charge in [-0.1, -0.05) is 23.7 Å². The maximum Gasteiger partial charge on any atom is 0.286 e. The lowest BCUT2D eigenvalue weighted by Gasteiger charge is -2.05. The van der Waals surface area contributed by atoms with E-state index in [-0.39, 0.29) is 11.4 Å². The second-order valence-corrected chi connectivity index (χ2v) is 5.80. The summed E-state index contributed by atoms with van der Waals surface area (Å²) >= 11 is 11.6. The molecule has 0 aliphatic heterocycles. The Labute approximate surface area is 147 Å². The predicted octanol–water partition coefficient (Wildman–Crippen LogP) is 4.18. The zero-order chi connectivity index (χ0) is 17.3. The molecule has 1 heterocycles. The maximum atomic E-state index is 12.4. The number of anilines is 1. The fourth-order valence-electron chi connectivity index (χ4n) is 2.30. The molecule has 5 nitrogen and oxygen atoms in total. The van der Waals surface area contributed by atoms with E-state index < -0.39 is 11.8 Å². The van der Waals surface area contributed by atoms with Gasteiger partial charge in [-0.25, -0.2) is 0 Å². The summed E-state index contributed by atoms with van der Waals surface area (Å²) < 4.78 is 5.42. The van der Waals surface area contributed by atoms with Crippen LogP contribution in [0.3, 0.4) is 0 Å². The molecule has 2 amide bonds. The van der Waals surface area contributed by atoms with E-state index in [1.807, 2.05) is 0 Å². The minimum atomic E-state index is -0.782. The van der Waals surface area contributed by atoms with Crippen molar-refractivity contribution >= 4 is 51.7 Å². The molecular weight excluding hydrogens is 351 g/mol. The Hall–Kier alpha value is -2.50. The molecular formula is C17H12Cl2N2O3. The van der Waals surface area contributed by atoms with E-state index in [4.69, 9.17) is 33.4 Å². The zero-order valence-electron chi connectivity index (χ0n) is 12.3. The van der Waals surface area contributed by atoms with Crippen molar-refractivity contribution < 1.29 is 14.0 Å². The number of hydrogen-bond acceptors (Lipinski definition) is 3. The molecule has 0 saturated carbocycles. The van der Waals surface area contributed by atoms with Crippen molar-refractivity contribution in [2.45, 2.75) is 5.88 Å². The summed E-state index contributed by atoms with van der Waals surface area (Å²) in [6.45, 7) is 0. The van der Waals surface area contributed by atoms with E-state index in [2.05, 4.69) is 5.32 Å². The number of alkyl halides is 1. The van der Waals surface area contributed by atoms with Crippen LogP contribution in [-0.4, -0.2) is 11.8 Å². The summed E-state index contributed by atoms with van der Waals surface area (Å²) in [6.07, 6.45) is 0. The van der Waals surface area contributed by atoms with Gasteiger partial charge < -0.3 is 15.5 Å². The number of amides is 2. The molecule has 0 aliphatic carbocycles. The number of halogens is 2. The summed E-state index contributed by atoms with van der Waals surface area (Å²) in [5.74, 6) is -0.940. The average Bonchev–Trinajstić information content (AvgIpc) is 2.92. The number of carbonyl (C=O) groups is 2. The van der Waals surface area contributed by atoms with Gasteiger partial charge in [-0.15, -0.1) is 11.6 Å². The van der Waals surface area contributed by atoms with E-state index in [0.717, 1.165) is 5.56 Å². The summed E-state index contributed by atoms with van der Waals surface area (Å²) in [5.41, 5.74) is 7.24. The van der Waals surface area contributed by atoms with Crippen LogP contribution in [0.25, 0.3) is 11.0 Å². The van der Waals surface area contributed by atoms with Crippen molar-refractivity contribution in [2.75, 3.05) is 5.32 Å². The highest BCUT2D eigenvalue weighted by atomic mass is 35.5. The molecule has 0 atom stereocenters. The Balaban J connectivity index is 2.00. The molecule has 0 bridgehead atoms. The van der Waals surface area contributed by atoms with Crippen molar-refractivity contribution in [3.8, 4) is 0 Å². The highest BCUT2D eigenvalue weighted by Crippen LogP contribution is 2.32. The van der Waals surface area contributed by atoms with Crippen LogP contribution in [0.2, 0.25) is 5.02 Å². The third-order valence-electron chi connectivity index (χ3n) is 3.48. The van der Waals surface area contributed by atoms with Gasteiger partial charge in [0.2, 0.25) is 5.76 Å². The zero-order valence-corrected chi connectivity index (χ0v) is 13.8. The first-order valence-corrected chi connectivity index (χ1v) is 7.89. The topological polar surface area (TPSA) is 85.3 Å². The molecule has 122 valence electrons. The normalized spacial score (nSPS) is 10.8. The second kappa shape index (κ2) is 6.55. The van der Waals surface area contributed by atoms with E-state index in [1.54, 1.807) is 42.5 Å². The van der Waals surface area contributed by atoms with Crippen LogP contribution < -0.4 is 11.1 Å². The number of rotatable bonds is 4. The van der Waals surface area contributed by atoms with Gasteiger partial charge in [0.05, 0.1) is 0 Å². The van der Waals surface area contributed by atoms with Crippen LogP contribution in [0.1, 0.15) is 26.5 Å². The van der Waals surface area contributed by atoms with Gasteiger partial charge in [0.1, 0.15) is 11.3 Å². The fourth-order valence-corrected chi connectivity index (χ4v) is 2.64. The molecule has 0 radical (unpaired) electrons. The number of primary amides is 1. The monoisotopic (exact) mass is 362 g/mol. The predicted molar refractivity (Wildman–Crippen MR) is 93.7 cm³/mol. The minimum absolute atomic E-state index is 0.127. The highest BCUT2D eigenvalue weighted by molar-refractivity contribution is 6.31. The van der Waals surface area contributed by atoms with E-state index in [0.29, 0.717) is 27.4 Å². The van der Waals surface area contributed by atoms with Gasteiger partial charge in [-0.05, 0) is 29.8 Å². The van der Waals surface area contributed by atoms with E-state index >= 15 is 0 Å². The Bertz CT molecular complexity index is 933. The average molecular weight is 363 g/mol. The Morgan fingerprint density at radius 3 is 2.46 bits per heavy atom. The van der Waals surface area contributed by atoms with Gasteiger partial charge in [-0.3, -0.25) is 9.59 Å². The van der Waals surface area contributed by atoms with Crippen molar-refractivity contribution in [3.05, 3.63) is 64.4 Å². The first-order valence-electron chi connectivity index (χ1n) is 6.97. The number of nitrogens with two attached hydrogens (primary N) is 1. The lowest BCUT2D eigenvalue weighted by atomic mass is 10.1. The molecule has 0 spiro atoms. The summed E-state index contributed by atoms with van der Waals surface area (Å²) in [4.78, 5) is 24.0. The van der Waals surface area contributed by atoms with Crippen molar-refractivity contribution in [2.24, 2.45) is 5.73 Å². The molecule has 0 unspecified atom stereocenters. The molecule has 24 heavy (non-hydrogen) atoms. The molecule has 3 aromatic rings. The van der Waals surface area contributed by atoms with Crippen LogP contribution >= 0.6 is 23.2 Å². The first kappa shape index (κ1) is 16.4. The molecule has 0 saturated heterocycles. The second-order valence-electron chi connectivity index (χ2n) is 5.10. The standard InChI is InChI=1S/C17H12Cl2N2O3/c18-8-9-1-3-10(4-2-9)17(23)21-14-12-6-5-11(19)7-13(12)24-15(14)16(20)22/h1-7H,8H2,(H2,20,22)(H,21,23). The Morgan fingerprint density at radius 1 is 1.12 bits per heavy atom. The summed E-state index contributed by atoms with van der Waals surface area (Å²) in [7, 11) is 0. The van der Waals surface area contributed by atoms with Crippen LogP contribution in [0.4, 0.5) is 5.69 Å². The Kier molecular flexibility index (Phi) is 4.46. The number of furan rings is 1. The lowest BCUT2D eigenvalue weighted by Crippen LogP contribution is -2.17. The lowest BCUT2D eigenvalue weighted by molar-refractivity contribution is 0.0977. The first-order chi connectivity index (χ1) is 11.5. The van der Waals surface area contributed by atoms with Gasteiger partial charge in [-0.2, -0.15) is 0 Å².